The maximum absolute atomic E-state index is 13.5. The lowest BCUT2D eigenvalue weighted by Crippen LogP contribution is -2.35. The van der Waals surface area contributed by atoms with Gasteiger partial charge < -0.3 is 14.4 Å². The van der Waals surface area contributed by atoms with Crippen molar-refractivity contribution in [3.63, 3.8) is 0 Å². The highest BCUT2D eigenvalue weighted by Crippen LogP contribution is 2.33. The molecule has 0 amide bonds. The fourth-order valence-electron chi connectivity index (χ4n) is 4.25. The van der Waals surface area contributed by atoms with E-state index in [1.165, 1.54) is 4.31 Å². The fraction of sp³-hybridized carbons (Fsp3) is 0.360. The van der Waals surface area contributed by atoms with Gasteiger partial charge in [-0.2, -0.15) is 4.31 Å². The van der Waals surface area contributed by atoms with Gasteiger partial charge in [0.15, 0.2) is 0 Å². The number of sulfonamides is 1. The number of rotatable bonds is 7. The molecule has 1 N–H and O–H groups in total. The van der Waals surface area contributed by atoms with Gasteiger partial charge >= 0.3 is 5.97 Å². The second-order valence-electron chi connectivity index (χ2n) is 8.64. The Balaban J connectivity index is 1.71. The minimum atomic E-state index is -3.77. The predicted octanol–water partition coefficient (Wildman–Crippen LogP) is 3.79. The molecule has 0 saturated heterocycles. The van der Waals surface area contributed by atoms with Crippen LogP contribution in [0.5, 0.6) is 5.75 Å². The van der Waals surface area contributed by atoms with Gasteiger partial charge in [-0.25, -0.2) is 13.4 Å². The van der Waals surface area contributed by atoms with E-state index in [-0.39, 0.29) is 30.5 Å². The standard InChI is InChI=1S/C25H29N3O5S/c1-4-27-15-22(26-16-27)21(12-25(29)30)19-10-9-17(2)20(11-19)14-28-13-18(3)33-23-7-5-6-8-24(23)34(28,31)32/h5-11,15-16,18,21H,4,12-14H2,1-3H3,(H,29,30)/t18-,21?/m1/s1. The summed E-state index contributed by atoms with van der Waals surface area (Å²) in [5.41, 5.74) is 3.22. The van der Waals surface area contributed by atoms with Gasteiger partial charge in [-0.1, -0.05) is 30.3 Å². The van der Waals surface area contributed by atoms with Gasteiger partial charge in [0.25, 0.3) is 0 Å². The molecule has 0 radical (unpaired) electrons. The Hall–Kier alpha value is -3.17. The van der Waals surface area contributed by atoms with E-state index in [0.29, 0.717) is 11.4 Å². The van der Waals surface area contributed by atoms with Crippen LogP contribution in [0.4, 0.5) is 0 Å². The third-order valence-electron chi connectivity index (χ3n) is 6.13. The van der Waals surface area contributed by atoms with Crippen LogP contribution >= 0.6 is 0 Å². The average molecular weight is 484 g/mol. The summed E-state index contributed by atoms with van der Waals surface area (Å²) in [5.74, 6) is -1.000. The maximum atomic E-state index is 13.5. The van der Waals surface area contributed by atoms with Crippen molar-refractivity contribution in [1.29, 1.82) is 0 Å². The topological polar surface area (TPSA) is 102 Å². The molecule has 2 atom stereocenters. The van der Waals surface area contributed by atoms with Crippen molar-refractivity contribution >= 4 is 16.0 Å². The first kappa shape index (κ1) is 24.0. The Morgan fingerprint density at radius 3 is 2.74 bits per heavy atom. The highest BCUT2D eigenvalue weighted by molar-refractivity contribution is 7.89. The summed E-state index contributed by atoms with van der Waals surface area (Å²) in [6.45, 7) is 6.87. The first-order valence-corrected chi connectivity index (χ1v) is 12.7. The molecule has 0 spiro atoms. The minimum Gasteiger partial charge on any atom is -0.488 e. The number of para-hydroxylation sites is 1. The number of aromatic nitrogens is 2. The number of carboxylic acid groups (broad SMARTS) is 1. The summed E-state index contributed by atoms with van der Waals surface area (Å²) in [7, 11) is -3.77. The van der Waals surface area contributed by atoms with E-state index >= 15 is 0 Å². The van der Waals surface area contributed by atoms with Gasteiger partial charge in [0.05, 0.1) is 25.0 Å². The molecule has 0 aliphatic carbocycles. The van der Waals surface area contributed by atoms with Gasteiger partial charge in [-0.3, -0.25) is 4.79 Å². The molecule has 1 aromatic heterocycles. The van der Waals surface area contributed by atoms with Crippen LogP contribution in [-0.4, -0.2) is 46.0 Å². The Labute approximate surface area is 199 Å². The molecule has 1 aliphatic heterocycles. The predicted molar refractivity (Wildman–Crippen MR) is 127 cm³/mol. The van der Waals surface area contributed by atoms with Crippen LogP contribution < -0.4 is 4.74 Å². The van der Waals surface area contributed by atoms with E-state index in [9.17, 15) is 18.3 Å². The highest BCUT2D eigenvalue weighted by Gasteiger charge is 2.33. The Morgan fingerprint density at radius 1 is 1.26 bits per heavy atom. The molecule has 2 aromatic carbocycles. The monoisotopic (exact) mass is 483 g/mol. The lowest BCUT2D eigenvalue weighted by Gasteiger charge is -2.23. The quantitative estimate of drug-likeness (QED) is 0.549. The highest BCUT2D eigenvalue weighted by atomic mass is 32.2. The zero-order chi connectivity index (χ0) is 24.5. The summed E-state index contributed by atoms with van der Waals surface area (Å²) < 4.78 is 36.1. The number of benzene rings is 2. The number of hydrogen-bond donors (Lipinski definition) is 1. The van der Waals surface area contributed by atoms with Crippen molar-refractivity contribution in [2.45, 2.75) is 57.2 Å². The van der Waals surface area contributed by atoms with E-state index in [4.69, 9.17) is 4.74 Å². The van der Waals surface area contributed by atoms with Gasteiger partial charge in [0.1, 0.15) is 16.7 Å². The van der Waals surface area contributed by atoms with Crippen LogP contribution in [0.15, 0.2) is 59.9 Å². The molecule has 0 saturated carbocycles. The minimum absolute atomic E-state index is 0.108. The number of imidazole rings is 1. The number of aliphatic carboxylic acids is 1. The van der Waals surface area contributed by atoms with Crippen LogP contribution in [0.25, 0.3) is 0 Å². The van der Waals surface area contributed by atoms with Crippen LogP contribution in [-0.2, 0) is 27.9 Å². The molecule has 3 aromatic rings. The summed E-state index contributed by atoms with van der Waals surface area (Å²) in [6.07, 6.45) is 3.13. The number of ether oxygens (including phenoxy) is 1. The first-order valence-electron chi connectivity index (χ1n) is 11.3. The lowest BCUT2D eigenvalue weighted by atomic mass is 9.90. The Kier molecular flexibility index (Phi) is 6.77. The number of nitrogens with zero attached hydrogens (tertiary/aromatic N) is 3. The smallest absolute Gasteiger partial charge is 0.304 e. The number of carboxylic acids is 1. The molecule has 9 heteroatoms. The van der Waals surface area contributed by atoms with Crippen LogP contribution in [0, 0.1) is 6.92 Å². The molecule has 2 heterocycles. The van der Waals surface area contributed by atoms with Gasteiger partial charge in [0, 0.05) is 25.2 Å². The van der Waals surface area contributed by atoms with Gasteiger partial charge in [0.2, 0.25) is 10.0 Å². The van der Waals surface area contributed by atoms with Crippen LogP contribution in [0.1, 0.15) is 48.6 Å². The molecule has 8 nitrogen and oxygen atoms in total. The molecule has 1 unspecified atom stereocenters. The maximum Gasteiger partial charge on any atom is 0.304 e. The summed E-state index contributed by atoms with van der Waals surface area (Å²) in [4.78, 5) is 16.2. The van der Waals surface area contributed by atoms with Crippen molar-refractivity contribution in [3.8, 4) is 5.75 Å². The Bertz CT molecular complexity index is 1300. The second-order valence-corrected chi connectivity index (χ2v) is 10.5. The lowest BCUT2D eigenvalue weighted by molar-refractivity contribution is -0.137. The zero-order valence-corrected chi connectivity index (χ0v) is 20.3. The van der Waals surface area contributed by atoms with Gasteiger partial charge in [-0.15, -0.1) is 0 Å². The third-order valence-corrected chi connectivity index (χ3v) is 7.98. The van der Waals surface area contributed by atoms with Crippen molar-refractivity contribution in [1.82, 2.24) is 13.9 Å². The summed E-state index contributed by atoms with van der Waals surface area (Å²) >= 11 is 0. The molecular formula is C25H29N3O5S. The summed E-state index contributed by atoms with van der Waals surface area (Å²) in [6, 6.07) is 12.4. The molecule has 1 aliphatic rings. The van der Waals surface area contributed by atoms with Crippen LogP contribution in [0.3, 0.4) is 0 Å². The zero-order valence-electron chi connectivity index (χ0n) is 19.5. The second kappa shape index (κ2) is 9.60. The summed E-state index contributed by atoms with van der Waals surface area (Å²) in [5, 5.41) is 9.54. The van der Waals surface area contributed by atoms with E-state index < -0.39 is 21.9 Å². The normalized spacial score (nSPS) is 18.5. The number of hydrogen-bond acceptors (Lipinski definition) is 5. The van der Waals surface area contributed by atoms with Crippen molar-refractivity contribution in [3.05, 3.63) is 77.4 Å². The molecule has 0 fully saturated rings. The van der Waals surface area contributed by atoms with Gasteiger partial charge in [-0.05, 0) is 49.6 Å². The number of carbonyl (C=O) groups is 1. The van der Waals surface area contributed by atoms with Crippen molar-refractivity contribution in [2.24, 2.45) is 0 Å². The van der Waals surface area contributed by atoms with E-state index in [2.05, 4.69) is 4.98 Å². The van der Waals surface area contributed by atoms with E-state index in [1.807, 2.05) is 49.7 Å². The van der Waals surface area contributed by atoms with E-state index in [1.54, 1.807) is 30.6 Å². The molecule has 34 heavy (non-hydrogen) atoms. The van der Waals surface area contributed by atoms with Crippen molar-refractivity contribution < 1.29 is 23.1 Å². The molecule has 180 valence electrons. The first-order chi connectivity index (χ1) is 16.2. The molecular weight excluding hydrogens is 454 g/mol. The Morgan fingerprint density at radius 2 is 2.03 bits per heavy atom. The third kappa shape index (κ3) is 4.85. The van der Waals surface area contributed by atoms with E-state index in [0.717, 1.165) is 23.2 Å². The molecule has 4 rings (SSSR count). The fourth-order valence-corrected chi connectivity index (χ4v) is 5.87. The number of aryl methyl sites for hydroxylation is 2. The van der Waals surface area contributed by atoms with Crippen molar-refractivity contribution in [2.75, 3.05) is 6.54 Å². The number of fused-ring (bicyclic) bond motifs is 1. The SMILES string of the molecule is CCn1cnc(C(CC(=O)O)c2ccc(C)c(CN3C[C@@H](C)Oc4ccccc4S3(=O)=O)c2)c1. The van der Waals surface area contributed by atoms with Crippen LogP contribution in [0.2, 0.25) is 0 Å². The average Bonchev–Trinajstić information content (AvgIpc) is 3.24. The largest absolute Gasteiger partial charge is 0.488 e. The molecule has 0 bridgehead atoms.